The first-order valence-electron chi connectivity index (χ1n) is 9.22. The van der Waals surface area contributed by atoms with Crippen molar-refractivity contribution < 1.29 is 14.1 Å². The van der Waals surface area contributed by atoms with Crippen LogP contribution >= 0.6 is 11.6 Å². The van der Waals surface area contributed by atoms with E-state index < -0.39 is 0 Å². The van der Waals surface area contributed by atoms with Gasteiger partial charge in [0.25, 0.3) is 0 Å². The number of carbonyl (C=O) groups is 1. The Morgan fingerprint density at radius 3 is 2.56 bits per heavy atom. The van der Waals surface area contributed by atoms with Crippen molar-refractivity contribution in [1.82, 2.24) is 15.0 Å². The molecule has 7 heteroatoms. The van der Waals surface area contributed by atoms with Crippen molar-refractivity contribution in [2.45, 2.75) is 32.4 Å². The summed E-state index contributed by atoms with van der Waals surface area (Å²) >= 11 is 5.91. The third kappa shape index (κ3) is 4.89. The Labute approximate surface area is 165 Å². The maximum atomic E-state index is 12.8. The number of aromatic nitrogens is 1. The summed E-state index contributed by atoms with van der Waals surface area (Å²) in [7, 11) is 1.71. The zero-order valence-corrected chi connectivity index (χ0v) is 16.8. The monoisotopic (exact) mass is 391 g/mol. The minimum atomic E-state index is 0.0797. The molecule has 1 saturated heterocycles. The molecule has 1 aromatic heterocycles. The minimum Gasteiger partial charge on any atom is -0.383 e. The maximum Gasteiger partial charge on any atom is 0.228 e. The largest absolute Gasteiger partial charge is 0.383 e. The molecule has 27 heavy (non-hydrogen) atoms. The molecule has 1 aliphatic rings. The van der Waals surface area contributed by atoms with Crippen molar-refractivity contribution in [2.75, 3.05) is 33.4 Å². The lowest BCUT2D eigenvalue weighted by Crippen LogP contribution is -2.58. The minimum absolute atomic E-state index is 0.0797. The van der Waals surface area contributed by atoms with Crippen molar-refractivity contribution in [3.63, 3.8) is 0 Å². The second-order valence-corrected chi connectivity index (χ2v) is 7.53. The van der Waals surface area contributed by atoms with E-state index in [2.05, 4.69) is 23.9 Å². The van der Waals surface area contributed by atoms with Crippen LogP contribution in [0.5, 0.6) is 0 Å². The molecule has 2 aromatic rings. The molecule has 2 unspecified atom stereocenters. The van der Waals surface area contributed by atoms with E-state index in [9.17, 15) is 4.79 Å². The Morgan fingerprint density at radius 1 is 1.26 bits per heavy atom. The molecule has 0 bridgehead atoms. The van der Waals surface area contributed by atoms with Crippen LogP contribution in [0.2, 0.25) is 5.02 Å². The summed E-state index contributed by atoms with van der Waals surface area (Å²) < 4.78 is 10.6. The van der Waals surface area contributed by atoms with E-state index in [-0.39, 0.29) is 12.3 Å². The van der Waals surface area contributed by atoms with Crippen LogP contribution < -0.4 is 0 Å². The molecule has 2 heterocycles. The van der Waals surface area contributed by atoms with Gasteiger partial charge in [-0.15, -0.1) is 0 Å². The van der Waals surface area contributed by atoms with E-state index in [0.717, 1.165) is 25.2 Å². The number of halogens is 1. The van der Waals surface area contributed by atoms with Gasteiger partial charge in [0.2, 0.25) is 5.91 Å². The first-order chi connectivity index (χ1) is 13.0. The number of carbonyl (C=O) groups excluding carboxylic acids is 1. The summed E-state index contributed by atoms with van der Waals surface area (Å²) in [6, 6.07) is 9.77. The molecule has 1 aromatic carbocycles. The van der Waals surface area contributed by atoms with Gasteiger partial charge in [0.1, 0.15) is 0 Å². The highest BCUT2D eigenvalue weighted by Crippen LogP contribution is 2.23. The number of rotatable bonds is 6. The molecule has 1 aliphatic heterocycles. The Balaban J connectivity index is 1.60. The second kappa shape index (κ2) is 8.87. The van der Waals surface area contributed by atoms with Crippen LogP contribution in [0.4, 0.5) is 0 Å². The van der Waals surface area contributed by atoms with Crippen LogP contribution in [0, 0.1) is 0 Å². The Kier molecular flexibility index (Phi) is 6.52. The van der Waals surface area contributed by atoms with Crippen LogP contribution in [0.15, 0.2) is 34.9 Å². The van der Waals surface area contributed by atoms with Gasteiger partial charge < -0.3 is 14.2 Å². The lowest BCUT2D eigenvalue weighted by atomic mass is 10.1. The van der Waals surface area contributed by atoms with Gasteiger partial charge in [-0.05, 0) is 38.1 Å². The fraction of sp³-hybridized carbons (Fsp3) is 0.500. The van der Waals surface area contributed by atoms with Gasteiger partial charge in [0, 0.05) is 55.5 Å². The molecular formula is C20H26ClN3O3. The summed E-state index contributed by atoms with van der Waals surface area (Å²) in [4.78, 5) is 17.1. The van der Waals surface area contributed by atoms with E-state index in [1.54, 1.807) is 19.2 Å². The molecular weight excluding hydrogens is 366 g/mol. The van der Waals surface area contributed by atoms with E-state index in [0.29, 0.717) is 35.2 Å². The molecule has 0 aliphatic carbocycles. The summed E-state index contributed by atoms with van der Waals surface area (Å²) in [6.45, 7) is 7.33. The van der Waals surface area contributed by atoms with Crippen molar-refractivity contribution in [3.8, 4) is 11.3 Å². The second-order valence-electron chi connectivity index (χ2n) is 7.09. The van der Waals surface area contributed by atoms with Gasteiger partial charge in [0.05, 0.1) is 18.7 Å². The number of ether oxygens (including phenoxy) is 1. The van der Waals surface area contributed by atoms with Crippen LogP contribution in [0.1, 0.15) is 19.5 Å². The SMILES string of the molecule is COCCN1C(C)CN(C(=O)Cc2cc(-c3ccc(Cl)cc3)on2)CC1C. The van der Waals surface area contributed by atoms with Crippen LogP contribution in [0.25, 0.3) is 11.3 Å². The third-order valence-corrected chi connectivity index (χ3v) is 5.28. The molecule has 6 nitrogen and oxygen atoms in total. The molecule has 0 spiro atoms. The summed E-state index contributed by atoms with van der Waals surface area (Å²) in [5, 5.41) is 4.73. The van der Waals surface area contributed by atoms with E-state index in [1.807, 2.05) is 23.1 Å². The van der Waals surface area contributed by atoms with Gasteiger partial charge in [0.15, 0.2) is 5.76 Å². The topological polar surface area (TPSA) is 58.8 Å². The van der Waals surface area contributed by atoms with E-state index in [4.69, 9.17) is 20.9 Å². The number of methoxy groups -OCH3 is 1. The zero-order chi connectivity index (χ0) is 19.4. The highest BCUT2D eigenvalue weighted by molar-refractivity contribution is 6.30. The predicted molar refractivity (Wildman–Crippen MR) is 105 cm³/mol. The van der Waals surface area contributed by atoms with Crippen molar-refractivity contribution in [2.24, 2.45) is 0 Å². The van der Waals surface area contributed by atoms with Gasteiger partial charge in [-0.1, -0.05) is 16.8 Å². The fourth-order valence-electron chi connectivity index (χ4n) is 3.61. The average Bonchev–Trinajstić information content (AvgIpc) is 3.10. The number of hydrogen-bond donors (Lipinski definition) is 0. The van der Waals surface area contributed by atoms with Crippen LogP contribution in [-0.4, -0.2) is 66.3 Å². The Hall–Kier alpha value is -1.89. The lowest BCUT2D eigenvalue weighted by molar-refractivity contribution is -0.135. The quantitative estimate of drug-likeness (QED) is 0.757. The van der Waals surface area contributed by atoms with Crippen molar-refractivity contribution >= 4 is 17.5 Å². The fourth-order valence-corrected chi connectivity index (χ4v) is 3.74. The number of amides is 1. The smallest absolute Gasteiger partial charge is 0.228 e. The zero-order valence-electron chi connectivity index (χ0n) is 16.0. The van der Waals surface area contributed by atoms with Crippen LogP contribution in [0.3, 0.4) is 0 Å². The number of hydrogen-bond acceptors (Lipinski definition) is 5. The van der Waals surface area contributed by atoms with E-state index in [1.165, 1.54) is 0 Å². The summed E-state index contributed by atoms with van der Waals surface area (Å²) in [6.07, 6.45) is 0.245. The molecule has 146 valence electrons. The molecule has 0 saturated carbocycles. The van der Waals surface area contributed by atoms with Crippen molar-refractivity contribution in [3.05, 3.63) is 41.0 Å². The third-order valence-electron chi connectivity index (χ3n) is 5.03. The molecule has 2 atom stereocenters. The molecule has 0 radical (unpaired) electrons. The van der Waals surface area contributed by atoms with Crippen LogP contribution in [-0.2, 0) is 16.0 Å². The highest BCUT2D eigenvalue weighted by Gasteiger charge is 2.31. The molecule has 1 fully saturated rings. The Bertz CT molecular complexity index is 750. The Morgan fingerprint density at radius 2 is 1.93 bits per heavy atom. The standard InChI is InChI=1S/C20H26ClN3O3/c1-14-12-23(13-15(2)24(14)8-9-26-3)20(25)11-18-10-19(27-22-18)16-4-6-17(21)7-5-16/h4-7,10,14-15H,8-9,11-13H2,1-3H3. The number of nitrogens with zero attached hydrogens (tertiary/aromatic N) is 3. The lowest BCUT2D eigenvalue weighted by Gasteiger charge is -2.44. The predicted octanol–water partition coefficient (Wildman–Crippen LogP) is 3.11. The molecule has 0 N–H and O–H groups in total. The molecule has 1 amide bonds. The molecule has 3 rings (SSSR count). The van der Waals surface area contributed by atoms with Crippen molar-refractivity contribution in [1.29, 1.82) is 0 Å². The highest BCUT2D eigenvalue weighted by atomic mass is 35.5. The van der Waals surface area contributed by atoms with Gasteiger partial charge in [-0.2, -0.15) is 0 Å². The van der Waals surface area contributed by atoms with Gasteiger partial charge in [-0.3, -0.25) is 9.69 Å². The summed E-state index contributed by atoms with van der Waals surface area (Å²) in [5.74, 6) is 0.719. The number of benzene rings is 1. The average molecular weight is 392 g/mol. The first kappa shape index (κ1) is 19.9. The van der Waals surface area contributed by atoms with Gasteiger partial charge in [-0.25, -0.2) is 0 Å². The first-order valence-corrected chi connectivity index (χ1v) is 9.59. The van der Waals surface area contributed by atoms with Gasteiger partial charge >= 0.3 is 0 Å². The number of piperazine rings is 1. The summed E-state index contributed by atoms with van der Waals surface area (Å²) in [5.41, 5.74) is 1.53. The maximum absolute atomic E-state index is 12.8. The van der Waals surface area contributed by atoms with E-state index >= 15 is 0 Å². The normalized spacial score (nSPS) is 20.8.